The van der Waals surface area contributed by atoms with Crippen LogP contribution in [-0.2, 0) is 35.0 Å². The molecule has 1 aliphatic rings. The number of carbonyl (C=O) groups is 1. The van der Waals surface area contributed by atoms with Gasteiger partial charge in [0.25, 0.3) is 5.56 Å². The summed E-state index contributed by atoms with van der Waals surface area (Å²) in [6.07, 6.45) is -10.3. The number of hydrogen-bond acceptors (Lipinski definition) is 4. The molecule has 0 saturated heterocycles. The van der Waals surface area contributed by atoms with E-state index in [0.717, 1.165) is 12.1 Å². The van der Waals surface area contributed by atoms with E-state index in [-0.39, 0.29) is 42.2 Å². The second kappa shape index (κ2) is 11.2. The predicted molar refractivity (Wildman–Crippen MR) is 125 cm³/mol. The van der Waals surface area contributed by atoms with Crippen LogP contribution in [-0.4, -0.2) is 22.0 Å². The van der Waals surface area contributed by atoms with Crippen LogP contribution in [0.4, 0.5) is 35.1 Å². The first kappa shape index (κ1) is 29.5. The topological polar surface area (TPSA) is 84.1 Å². The molecule has 2 aromatic carbocycles. The summed E-state index contributed by atoms with van der Waals surface area (Å²) in [7, 11) is 0. The first-order valence-corrected chi connectivity index (χ1v) is 11.9. The van der Waals surface area contributed by atoms with Gasteiger partial charge in [-0.3, -0.25) is 9.59 Å². The number of aromatic nitrogens is 2. The van der Waals surface area contributed by atoms with E-state index in [9.17, 15) is 40.3 Å². The van der Waals surface area contributed by atoms with Gasteiger partial charge in [0, 0.05) is 34.7 Å². The predicted octanol–water partition coefficient (Wildman–Crippen LogP) is 6.02. The Labute approximate surface area is 225 Å². The quantitative estimate of drug-likeness (QED) is 0.328. The second-order valence-electron chi connectivity index (χ2n) is 8.99. The summed E-state index contributed by atoms with van der Waals surface area (Å²) in [6, 6.07) is 5.25. The highest BCUT2D eigenvalue weighted by Gasteiger charge is 2.39. The zero-order valence-corrected chi connectivity index (χ0v) is 20.8. The first-order chi connectivity index (χ1) is 18.6. The monoisotopic (exact) mass is 595 g/mol. The summed E-state index contributed by atoms with van der Waals surface area (Å²) in [4.78, 5) is 28.9. The number of alkyl halides is 6. The maximum atomic E-state index is 15.3. The van der Waals surface area contributed by atoms with Crippen molar-refractivity contribution in [3.63, 3.8) is 0 Å². The number of nitrogens with one attached hydrogen (secondary N) is 2. The summed E-state index contributed by atoms with van der Waals surface area (Å²) < 4.78 is 115. The van der Waals surface area contributed by atoms with E-state index in [2.05, 4.69) is 10.3 Å². The molecule has 1 aliphatic carbocycles. The molecule has 0 bridgehead atoms. The minimum absolute atomic E-state index is 0.0281. The van der Waals surface area contributed by atoms with Gasteiger partial charge in [-0.15, -0.1) is 0 Å². The van der Waals surface area contributed by atoms with Gasteiger partial charge in [-0.1, -0.05) is 23.7 Å². The lowest BCUT2D eigenvalue weighted by Crippen LogP contribution is -2.42. The number of ether oxygens (including phenoxy) is 1. The third-order valence-corrected chi connectivity index (χ3v) is 6.44. The lowest BCUT2D eigenvalue weighted by atomic mass is 9.81. The molecule has 2 N–H and O–H groups in total. The van der Waals surface area contributed by atoms with Crippen molar-refractivity contribution in [2.45, 2.75) is 44.4 Å². The summed E-state index contributed by atoms with van der Waals surface area (Å²) in [6.45, 7) is -0.662. The molecule has 0 unspecified atom stereocenters. The Bertz CT molecular complexity index is 1480. The summed E-state index contributed by atoms with van der Waals surface area (Å²) in [5.74, 6) is -4.57. The minimum Gasteiger partial charge on any atom is -0.373 e. The van der Waals surface area contributed by atoms with Crippen LogP contribution in [0.1, 0.15) is 35.2 Å². The fourth-order valence-electron chi connectivity index (χ4n) is 4.03. The van der Waals surface area contributed by atoms with Gasteiger partial charge in [0.1, 0.15) is 17.5 Å². The molecule has 1 heterocycles. The Morgan fingerprint density at radius 3 is 2.33 bits per heavy atom. The van der Waals surface area contributed by atoms with Crippen molar-refractivity contribution in [2.75, 3.05) is 0 Å². The average molecular weight is 596 g/mol. The lowest BCUT2D eigenvalue weighted by Gasteiger charge is -2.34. The van der Waals surface area contributed by atoms with Crippen molar-refractivity contribution in [2.24, 2.45) is 5.92 Å². The van der Waals surface area contributed by atoms with Crippen LogP contribution in [0.3, 0.4) is 0 Å². The highest BCUT2D eigenvalue weighted by molar-refractivity contribution is 6.30. The van der Waals surface area contributed by atoms with E-state index in [1.165, 1.54) is 12.1 Å². The highest BCUT2D eigenvalue weighted by atomic mass is 35.5. The van der Waals surface area contributed by atoms with Crippen LogP contribution in [0.25, 0.3) is 11.4 Å². The lowest BCUT2D eigenvalue weighted by molar-refractivity contribution is -0.141. The summed E-state index contributed by atoms with van der Waals surface area (Å²) in [5.41, 5.74) is -6.53. The van der Waals surface area contributed by atoms with Crippen molar-refractivity contribution in [3.05, 3.63) is 85.8 Å². The third kappa shape index (κ3) is 6.61. The number of halogens is 9. The number of hydrogen-bond donors (Lipinski definition) is 2. The fourth-order valence-corrected chi connectivity index (χ4v) is 4.19. The van der Waals surface area contributed by atoms with Crippen molar-refractivity contribution in [1.29, 1.82) is 0 Å². The molecule has 0 radical (unpaired) electrons. The van der Waals surface area contributed by atoms with Gasteiger partial charge in [-0.05, 0) is 31.0 Å². The Morgan fingerprint density at radius 2 is 1.70 bits per heavy atom. The SMILES string of the molecule is O=C(NCc1ccc(C(F)(F)F)c(-c2nc(C(F)(F)F)cc(=O)[nH]2)c1F)C1CC(OCc2ccc(Cl)cc2F)C1. The molecule has 3 aromatic rings. The molecule has 214 valence electrons. The van der Waals surface area contributed by atoms with Gasteiger partial charge < -0.3 is 15.0 Å². The average Bonchev–Trinajstić information content (AvgIpc) is 2.81. The van der Waals surface area contributed by atoms with Gasteiger partial charge >= 0.3 is 12.4 Å². The Kier molecular flexibility index (Phi) is 8.22. The van der Waals surface area contributed by atoms with E-state index >= 15 is 4.39 Å². The van der Waals surface area contributed by atoms with Gasteiger partial charge in [0.2, 0.25) is 5.91 Å². The van der Waals surface area contributed by atoms with Gasteiger partial charge in [0.15, 0.2) is 5.69 Å². The normalized spacial score (nSPS) is 17.4. The van der Waals surface area contributed by atoms with Crippen LogP contribution in [0.2, 0.25) is 5.02 Å². The van der Waals surface area contributed by atoms with Crippen LogP contribution in [0, 0.1) is 17.6 Å². The minimum atomic E-state index is -5.21. The molecular weight excluding hydrogens is 578 g/mol. The molecule has 6 nitrogen and oxygen atoms in total. The van der Waals surface area contributed by atoms with E-state index in [4.69, 9.17) is 16.3 Å². The summed E-state index contributed by atoms with van der Waals surface area (Å²) in [5, 5.41) is 2.59. The third-order valence-electron chi connectivity index (χ3n) is 6.20. The molecule has 1 saturated carbocycles. The standard InChI is InChI=1S/C25H18ClF8N3O3/c26-14-3-1-12(17(27)7-14)10-40-15-5-13(6-15)23(39)35-9-11-2-4-16(24(29,30)31)20(21(11)28)22-36-18(25(32,33)34)8-19(38)37-22/h1-4,7-8,13,15H,5-6,9-10H2,(H,35,39)(H,36,37,38). The van der Waals surface area contributed by atoms with E-state index < -0.39 is 76.1 Å². The number of nitrogens with zero attached hydrogens (tertiary/aromatic N) is 1. The van der Waals surface area contributed by atoms with E-state index in [1.807, 2.05) is 0 Å². The maximum Gasteiger partial charge on any atom is 0.433 e. The zero-order valence-electron chi connectivity index (χ0n) is 20.0. The number of amides is 1. The summed E-state index contributed by atoms with van der Waals surface area (Å²) >= 11 is 5.70. The number of benzene rings is 2. The molecule has 1 aromatic heterocycles. The zero-order chi connectivity index (χ0) is 29.4. The van der Waals surface area contributed by atoms with Gasteiger partial charge in [-0.25, -0.2) is 13.8 Å². The molecule has 1 fully saturated rings. The van der Waals surface area contributed by atoms with Crippen LogP contribution in [0.5, 0.6) is 0 Å². The van der Waals surface area contributed by atoms with Gasteiger partial charge in [-0.2, -0.15) is 26.3 Å². The van der Waals surface area contributed by atoms with Crippen molar-refractivity contribution >= 4 is 17.5 Å². The number of aromatic amines is 1. The van der Waals surface area contributed by atoms with Crippen LogP contribution < -0.4 is 10.9 Å². The Balaban J connectivity index is 1.45. The molecule has 0 spiro atoms. The molecule has 15 heteroatoms. The van der Waals surface area contributed by atoms with Gasteiger partial charge in [0.05, 0.1) is 23.8 Å². The Hall–Kier alpha value is -3.52. The molecule has 0 aliphatic heterocycles. The number of rotatable bonds is 7. The largest absolute Gasteiger partial charge is 0.433 e. The Morgan fingerprint density at radius 1 is 1.02 bits per heavy atom. The number of carbonyl (C=O) groups excluding carboxylic acids is 1. The van der Waals surface area contributed by atoms with Crippen LogP contribution in [0.15, 0.2) is 41.2 Å². The molecule has 4 rings (SSSR count). The van der Waals surface area contributed by atoms with Crippen molar-refractivity contribution in [3.8, 4) is 11.4 Å². The molecule has 40 heavy (non-hydrogen) atoms. The van der Waals surface area contributed by atoms with E-state index in [0.29, 0.717) is 6.07 Å². The highest BCUT2D eigenvalue weighted by Crippen LogP contribution is 2.39. The smallest absolute Gasteiger partial charge is 0.373 e. The molecular formula is C25H18ClF8N3O3. The second-order valence-corrected chi connectivity index (χ2v) is 9.43. The molecule has 1 amide bonds. The van der Waals surface area contributed by atoms with E-state index in [1.54, 1.807) is 4.98 Å². The number of H-pyrrole nitrogens is 1. The maximum absolute atomic E-state index is 15.3. The first-order valence-electron chi connectivity index (χ1n) is 11.5. The molecule has 0 atom stereocenters. The fraction of sp³-hybridized carbons (Fsp3) is 0.320. The van der Waals surface area contributed by atoms with Crippen molar-refractivity contribution in [1.82, 2.24) is 15.3 Å². The van der Waals surface area contributed by atoms with Crippen molar-refractivity contribution < 1.29 is 44.7 Å². The van der Waals surface area contributed by atoms with Crippen LogP contribution >= 0.6 is 11.6 Å².